The zero-order valence-corrected chi connectivity index (χ0v) is 37.4. The molecule has 1 fully saturated rings. The van der Waals surface area contributed by atoms with Gasteiger partial charge in [-0.25, -0.2) is 0 Å². The molecule has 1 saturated heterocycles. The van der Waals surface area contributed by atoms with E-state index in [2.05, 4.69) is 163 Å². The summed E-state index contributed by atoms with van der Waals surface area (Å²) in [4.78, 5) is 0. The first-order valence-electron chi connectivity index (χ1n) is 15.2. The van der Waals surface area contributed by atoms with Gasteiger partial charge in [0.1, 0.15) is 0 Å². The van der Waals surface area contributed by atoms with Crippen LogP contribution < -0.4 is 0 Å². The van der Waals surface area contributed by atoms with Crippen molar-refractivity contribution in [3.05, 3.63) is 0 Å². The Balaban J connectivity index is 4.90. The SMILES string of the molecule is CC(C)(C)O[Si]1(C)[Si]([Si](C)(C)C(C)(C)C)([Si](C)(C)C(C)(C)C)[Si]1([Si](C)(C)C(C)(C)C)[Si](C)(C)C(C)(C)C. The lowest BCUT2D eigenvalue weighted by molar-refractivity contribution is 0.133. The van der Waals surface area contributed by atoms with Gasteiger partial charge in [-0.2, -0.15) is 0 Å². The second-order valence-electron chi connectivity index (χ2n) is 20.2. The van der Waals surface area contributed by atoms with E-state index in [4.69, 9.17) is 4.43 Å². The first-order chi connectivity index (χ1) is 15.5. The number of hydrogen-bond acceptors (Lipinski definition) is 1. The van der Waals surface area contributed by atoms with Crippen LogP contribution in [0.5, 0.6) is 0 Å². The highest BCUT2D eigenvalue weighted by Gasteiger charge is 3.05. The fourth-order valence-corrected chi connectivity index (χ4v) is 457. The molecule has 222 valence electrons. The summed E-state index contributed by atoms with van der Waals surface area (Å²) in [6.45, 7) is 65.7. The largest absolute Gasteiger partial charge is 0.420 e. The molecule has 0 aromatic heterocycles. The van der Waals surface area contributed by atoms with Gasteiger partial charge < -0.3 is 4.43 Å². The molecule has 0 aromatic rings. The Morgan fingerprint density at radius 1 is 0.378 bits per heavy atom. The highest BCUT2D eigenvalue weighted by Crippen LogP contribution is 2.76. The van der Waals surface area contributed by atoms with E-state index in [1.54, 1.807) is 0 Å². The van der Waals surface area contributed by atoms with Crippen molar-refractivity contribution in [3.8, 4) is 0 Å². The Morgan fingerprint density at radius 3 is 0.649 bits per heavy atom. The van der Waals surface area contributed by atoms with Crippen LogP contribution in [0.2, 0.25) is 79.1 Å². The van der Waals surface area contributed by atoms with E-state index < -0.39 is 50.0 Å². The van der Waals surface area contributed by atoms with Crippen molar-refractivity contribution in [2.45, 2.75) is 189 Å². The fourth-order valence-electron chi connectivity index (χ4n) is 9.53. The Morgan fingerprint density at radius 2 is 0.541 bits per heavy atom. The Kier molecular flexibility index (Phi) is 8.87. The van der Waals surface area contributed by atoms with Gasteiger partial charge in [0.15, 0.2) is 7.35 Å². The molecule has 0 aliphatic carbocycles. The molecule has 0 radical (unpaired) electrons. The van der Waals surface area contributed by atoms with Gasteiger partial charge in [-0.1, -0.05) is 142 Å². The van der Waals surface area contributed by atoms with Crippen LogP contribution in [0, 0.1) is 0 Å². The van der Waals surface area contributed by atoms with Crippen LogP contribution in [0.15, 0.2) is 0 Å². The molecule has 1 nitrogen and oxygen atoms in total. The number of rotatable bonds is 5. The van der Waals surface area contributed by atoms with Gasteiger partial charge >= 0.3 is 0 Å². The average molecular weight is 633 g/mol. The standard InChI is InChI=1S/C29H72OSi7/c1-25(2,3)30-35(24)36(31(16,17)26(4,5)6,32(18,19)27(7,8)9)37(35,33(20,21)28(10,11)12)34(22,23)29(13,14)15/h1-24H3. The third kappa shape index (κ3) is 4.32. The Bertz CT molecular complexity index is 752. The molecule has 8 heteroatoms. The van der Waals surface area contributed by atoms with Crippen LogP contribution in [0.4, 0.5) is 0 Å². The predicted molar refractivity (Wildman–Crippen MR) is 193 cm³/mol. The summed E-state index contributed by atoms with van der Waals surface area (Å²) in [5.41, 5.74) is -0.0522. The Labute approximate surface area is 241 Å². The second kappa shape index (κ2) is 8.99. The van der Waals surface area contributed by atoms with Gasteiger partial charge in [-0.15, -0.1) is 0 Å². The summed E-state index contributed by atoms with van der Waals surface area (Å²) in [6.07, 6.45) is -3.71. The summed E-state index contributed by atoms with van der Waals surface area (Å²) in [5, 5.41) is 1.63. The smallest absolute Gasteiger partial charge is 0.152 e. The molecule has 0 aromatic carbocycles. The molecule has 0 unspecified atom stereocenters. The fraction of sp³-hybridized carbons (Fsp3) is 1.00. The molecule has 0 spiro atoms. The van der Waals surface area contributed by atoms with E-state index in [1.165, 1.54) is 0 Å². The van der Waals surface area contributed by atoms with Gasteiger partial charge in [-0.05, 0) is 40.9 Å². The zero-order valence-electron chi connectivity index (χ0n) is 30.4. The first-order valence-corrected chi connectivity index (χ1v) is 40.6. The Hall–Kier alpha value is 1.48. The quantitative estimate of drug-likeness (QED) is 0.274. The van der Waals surface area contributed by atoms with Crippen LogP contribution in [-0.4, -0.2) is 55.6 Å². The van der Waals surface area contributed by atoms with Crippen molar-refractivity contribution in [1.82, 2.24) is 0 Å². The summed E-state index contributed by atoms with van der Waals surface area (Å²) in [6, 6.07) is 0. The van der Waals surface area contributed by atoms with Crippen molar-refractivity contribution in [2.24, 2.45) is 0 Å². The van der Waals surface area contributed by atoms with Gasteiger partial charge in [0, 0.05) is 36.0 Å². The van der Waals surface area contributed by atoms with Gasteiger partial charge in [0.05, 0.1) is 12.3 Å². The summed E-state index contributed by atoms with van der Waals surface area (Å²) < 4.78 is 8.10. The van der Waals surface area contributed by atoms with Gasteiger partial charge in [0.25, 0.3) is 0 Å². The van der Waals surface area contributed by atoms with E-state index in [0.717, 1.165) is 0 Å². The van der Waals surface area contributed by atoms with Crippen molar-refractivity contribution < 1.29 is 4.43 Å². The summed E-state index contributed by atoms with van der Waals surface area (Å²) >= 11 is 0. The molecule has 37 heavy (non-hydrogen) atoms. The van der Waals surface area contributed by atoms with Crippen molar-refractivity contribution in [2.75, 3.05) is 0 Å². The molecule has 0 N–H and O–H groups in total. The minimum Gasteiger partial charge on any atom is -0.420 e. The molecule has 1 aliphatic rings. The third-order valence-electron chi connectivity index (χ3n) is 13.7. The zero-order chi connectivity index (χ0) is 30.7. The molecule has 0 amide bonds. The molecule has 1 heterocycles. The van der Waals surface area contributed by atoms with Crippen LogP contribution in [0.3, 0.4) is 0 Å². The van der Waals surface area contributed by atoms with Crippen LogP contribution in [0.1, 0.15) is 104 Å². The summed E-state index contributed by atoms with van der Waals surface area (Å²) in [5.74, 6) is 0. The lowest BCUT2D eigenvalue weighted by Gasteiger charge is -2.63. The van der Waals surface area contributed by atoms with Crippen LogP contribution in [0.25, 0.3) is 0 Å². The van der Waals surface area contributed by atoms with E-state index in [-0.39, 0.29) is 5.60 Å². The van der Waals surface area contributed by atoms with E-state index in [0.29, 0.717) is 20.2 Å². The maximum absolute atomic E-state index is 8.10. The van der Waals surface area contributed by atoms with E-state index >= 15 is 0 Å². The third-order valence-corrected chi connectivity index (χ3v) is 228. The second-order valence-corrected chi connectivity index (χ2v) is 103. The molecular formula is C29H72OSi7. The lowest BCUT2D eigenvalue weighted by Crippen LogP contribution is -2.86. The molecule has 0 atom stereocenters. The minimum atomic E-state index is -2.06. The highest BCUT2D eigenvalue weighted by molar-refractivity contribution is 8.49. The maximum Gasteiger partial charge on any atom is 0.152 e. The first kappa shape index (κ1) is 36.5. The summed E-state index contributed by atoms with van der Waals surface area (Å²) in [7, 11) is -9.04. The average Bonchev–Trinajstić information content (AvgIpc) is 3.05. The monoisotopic (exact) mass is 632 g/mol. The molecule has 0 bridgehead atoms. The maximum atomic E-state index is 8.10. The molecule has 1 aliphatic heterocycles. The topological polar surface area (TPSA) is 9.23 Å². The lowest BCUT2D eigenvalue weighted by atomic mass is 10.2. The van der Waals surface area contributed by atoms with Crippen molar-refractivity contribution >= 4 is 50.0 Å². The normalized spacial score (nSPS) is 21.7. The van der Waals surface area contributed by atoms with Crippen LogP contribution >= 0.6 is 0 Å². The predicted octanol–water partition coefficient (Wildman–Crippen LogP) is 10.9. The number of hydrogen-bond donors (Lipinski definition) is 0. The molecule has 1 rings (SSSR count). The molecular weight excluding hydrogens is 561 g/mol. The molecule has 0 saturated carbocycles. The van der Waals surface area contributed by atoms with Crippen molar-refractivity contribution in [1.29, 1.82) is 0 Å². The van der Waals surface area contributed by atoms with E-state index in [9.17, 15) is 0 Å². The highest BCUT2D eigenvalue weighted by atomic mass is 30.7. The van der Waals surface area contributed by atoms with E-state index in [1.807, 2.05) is 0 Å². The van der Waals surface area contributed by atoms with Crippen molar-refractivity contribution in [3.63, 3.8) is 0 Å². The minimum absolute atomic E-state index is 0.0522. The van der Waals surface area contributed by atoms with Gasteiger partial charge in [-0.3, -0.25) is 0 Å². The van der Waals surface area contributed by atoms with Crippen LogP contribution in [-0.2, 0) is 4.43 Å². The van der Waals surface area contributed by atoms with Gasteiger partial charge in [0.2, 0.25) is 0 Å².